The summed E-state index contributed by atoms with van der Waals surface area (Å²) in [6.07, 6.45) is 0.437. The molecule has 0 aliphatic carbocycles. The average molecular weight is 528 g/mol. The van der Waals surface area contributed by atoms with Gasteiger partial charge in [-0.3, -0.25) is 19.3 Å². The lowest BCUT2D eigenvalue weighted by atomic mass is 9.96. The summed E-state index contributed by atoms with van der Waals surface area (Å²) in [6, 6.07) is 5.72. The second-order valence-corrected chi connectivity index (χ2v) is 11.6. The molecule has 1 rings (SSSR count). The van der Waals surface area contributed by atoms with Crippen LogP contribution in [-0.2, 0) is 35.6 Å². The van der Waals surface area contributed by atoms with Crippen LogP contribution in [-0.4, -0.2) is 82.0 Å². The topological polar surface area (TPSA) is 163 Å². The van der Waals surface area contributed by atoms with E-state index < -0.39 is 39.2 Å². The molecule has 1 aromatic rings. The summed E-state index contributed by atoms with van der Waals surface area (Å²) < 4.78 is 28.0. The van der Waals surface area contributed by atoms with E-state index in [1.807, 2.05) is 0 Å². The number of carbonyl (C=O) groups is 4. The summed E-state index contributed by atoms with van der Waals surface area (Å²) in [5, 5.41) is 10.5. The van der Waals surface area contributed by atoms with Crippen LogP contribution in [0.1, 0.15) is 33.3 Å². The molecule has 0 saturated heterocycles. The van der Waals surface area contributed by atoms with Crippen molar-refractivity contribution in [3.63, 3.8) is 0 Å². The number of ether oxygens (including phenoxy) is 1. The quantitative estimate of drug-likeness (QED) is 0.285. The number of hydrogen-bond donors (Lipinski definition) is 4. The van der Waals surface area contributed by atoms with Gasteiger partial charge >= 0.3 is 6.09 Å². The number of benzene rings is 1. The molecule has 0 heterocycles. The van der Waals surface area contributed by atoms with Crippen LogP contribution in [0.5, 0.6) is 0 Å². The number of hydrogen-bond acceptors (Lipinski definition) is 8. The van der Waals surface area contributed by atoms with Crippen molar-refractivity contribution in [2.24, 2.45) is 5.41 Å². The van der Waals surface area contributed by atoms with Crippen LogP contribution in [0, 0.1) is 5.41 Å². The first-order valence-electron chi connectivity index (χ1n) is 11.3. The van der Waals surface area contributed by atoms with E-state index >= 15 is 0 Å². The molecule has 1 aromatic carbocycles. The summed E-state index contributed by atoms with van der Waals surface area (Å²) in [7, 11) is -1.60. The molecule has 0 aliphatic heterocycles. The van der Waals surface area contributed by atoms with Crippen molar-refractivity contribution < 1.29 is 32.3 Å². The van der Waals surface area contributed by atoms with E-state index in [1.54, 1.807) is 52.1 Å². The molecule has 0 spiro atoms. The molecule has 0 saturated carbocycles. The van der Waals surface area contributed by atoms with Crippen LogP contribution in [0.25, 0.3) is 0 Å². The number of carbonyl (C=O) groups excluding carboxylic acids is 4. The highest BCUT2D eigenvalue weighted by molar-refractivity contribution is 7.90. The Balaban J connectivity index is 2.54. The van der Waals surface area contributed by atoms with Crippen molar-refractivity contribution in [3.8, 4) is 0 Å². The van der Waals surface area contributed by atoms with Crippen molar-refractivity contribution in [1.29, 1.82) is 0 Å². The van der Waals surface area contributed by atoms with Crippen LogP contribution in [0.3, 0.4) is 0 Å². The predicted octanol–water partition coefficient (Wildman–Crippen LogP) is 0.452. The number of sulfone groups is 1. The van der Waals surface area contributed by atoms with Crippen LogP contribution < -0.4 is 21.3 Å². The number of anilines is 1. The van der Waals surface area contributed by atoms with Crippen LogP contribution >= 0.6 is 0 Å². The lowest BCUT2D eigenvalue weighted by Gasteiger charge is -2.21. The largest absolute Gasteiger partial charge is 0.445 e. The molecule has 0 radical (unpaired) electrons. The molecule has 0 aromatic heterocycles. The molecular weight excluding hydrogens is 490 g/mol. The first kappa shape index (κ1) is 30.8. The van der Waals surface area contributed by atoms with Gasteiger partial charge in [0.2, 0.25) is 17.7 Å². The van der Waals surface area contributed by atoms with Crippen LogP contribution in [0.15, 0.2) is 24.3 Å². The Hall–Kier alpha value is -3.19. The molecule has 0 aliphatic rings. The molecule has 4 N–H and O–H groups in total. The number of nitrogens with zero attached hydrogens (tertiary/aromatic N) is 1. The van der Waals surface area contributed by atoms with E-state index in [-0.39, 0.29) is 38.0 Å². The van der Waals surface area contributed by atoms with E-state index in [0.29, 0.717) is 11.3 Å². The SMILES string of the molecule is CNCN(CCS(C)(=O)=O)C(=O)OCc1ccc(NC(=O)C(C)NC(=O)CNC(=O)C(C)(C)C)cc1. The minimum absolute atomic E-state index is 0.00115. The Kier molecular flexibility index (Phi) is 11.8. The Morgan fingerprint density at radius 3 is 2.22 bits per heavy atom. The minimum atomic E-state index is -3.23. The smallest absolute Gasteiger partial charge is 0.411 e. The molecule has 4 amide bonds. The molecule has 0 bridgehead atoms. The maximum atomic E-state index is 12.4. The molecule has 1 atom stereocenters. The van der Waals surface area contributed by atoms with E-state index in [9.17, 15) is 27.6 Å². The van der Waals surface area contributed by atoms with Crippen molar-refractivity contribution in [1.82, 2.24) is 20.9 Å². The molecule has 202 valence electrons. The molecule has 13 heteroatoms. The Bertz CT molecular complexity index is 1020. The average Bonchev–Trinajstić information content (AvgIpc) is 2.78. The summed E-state index contributed by atoms with van der Waals surface area (Å²) in [5.74, 6) is -1.39. The minimum Gasteiger partial charge on any atom is -0.445 e. The lowest BCUT2D eigenvalue weighted by molar-refractivity contribution is -0.131. The van der Waals surface area contributed by atoms with E-state index in [1.165, 1.54) is 11.8 Å². The fourth-order valence-electron chi connectivity index (χ4n) is 2.66. The van der Waals surface area contributed by atoms with Gasteiger partial charge in [-0.2, -0.15) is 0 Å². The molecular formula is C23H37N5O7S. The van der Waals surface area contributed by atoms with Crippen molar-refractivity contribution in [2.75, 3.05) is 44.1 Å². The third-order valence-corrected chi connectivity index (χ3v) is 5.71. The van der Waals surface area contributed by atoms with Gasteiger partial charge in [0.05, 0.1) is 19.0 Å². The zero-order chi connectivity index (χ0) is 27.5. The summed E-state index contributed by atoms with van der Waals surface area (Å²) >= 11 is 0. The van der Waals surface area contributed by atoms with Gasteiger partial charge in [0.25, 0.3) is 0 Å². The standard InChI is InChI=1S/C23H37N5O7S/c1-16(26-19(29)13-25-21(31)23(2,3)4)20(30)27-18-9-7-17(8-10-18)14-35-22(32)28(15-24-5)11-12-36(6,33)34/h7-10,16,24H,11-15H2,1-6H3,(H,25,31)(H,26,29)(H,27,30). The van der Waals surface area contributed by atoms with Gasteiger partial charge in [0, 0.05) is 23.9 Å². The second kappa shape index (κ2) is 13.8. The van der Waals surface area contributed by atoms with Gasteiger partial charge in [-0.05, 0) is 31.7 Å². The van der Waals surface area contributed by atoms with Gasteiger partial charge in [0.15, 0.2) is 0 Å². The second-order valence-electron chi connectivity index (χ2n) is 9.37. The summed E-state index contributed by atoms with van der Waals surface area (Å²) in [5.41, 5.74) is 0.505. The highest BCUT2D eigenvalue weighted by Crippen LogP contribution is 2.13. The first-order valence-corrected chi connectivity index (χ1v) is 13.4. The molecule has 12 nitrogen and oxygen atoms in total. The van der Waals surface area contributed by atoms with Crippen molar-refractivity contribution in [2.45, 2.75) is 40.3 Å². The fraction of sp³-hybridized carbons (Fsp3) is 0.565. The van der Waals surface area contributed by atoms with Crippen molar-refractivity contribution in [3.05, 3.63) is 29.8 Å². The predicted molar refractivity (Wildman–Crippen MR) is 136 cm³/mol. The van der Waals surface area contributed by atoms with E-state index in [4.69, 9.17) is 4.74 Å². The number of amides is 4. The van der Waals surface area contributed by atoms with Gasteiger partial charge in [-0.15, -0.1) is 0 Å². The molecule has 1 unspecified atom stereocenters. The normalized spacial score (nSPS) is 12.3. The maximum Gasteiger partial charge on any atom is 0.411 e. The van der Waals surface area contributed by atoms with E-state index in [0.717, 1.165) is 6.26 Å². The van der Waals surface area contributed by atoms with Crippen molar-refractivity contribution >= 4 is 39.3 Å². The highest BCUT2D eigenvalue weighted by Gasteiger charge is 2.22. The lowest BCUT2D eigenvalue weighted by Crippen LogP contribution is -2.47. The zero-order valence-corrected chi connectivity index (χ0v) is 22.5. The van der Waals surface area contributed by atoms with Gasteiger partial charge in [0.1, 0.15) is 22.5 Å². The fourth-order valence-corrected chi connectivity index (χ4v) is 3.21. The monoisotopic (exact) mass is 527 g/mol. The number of nitrogens with one attached hydrogen (secondary N) is 4. The van der Waals surface area contributed by atoms with Gasteiger partial charge < -0.3 is 26.0 Å². The van der Waals surface area contributed by atoms with Crippen LogP contribution in [0.2, 0.25) is 0 Å². The molecule has 36 heavy (non-hydrogen) atoms. The summed E-state index contributed by atoms with van der Waals surface area (Å²) in [6.45, 7) is 6.57. The Morgan fingerprint density at radius 1 is 1.08 bits per heavy atom. The zero-order valence-electron chi connectivity index (χ0n) is 21.6. The first-order chi connectivity index (χ1) is 16.6. The number of rotatable bonds is 12. The summed E-state index contributed by atoms with van der Waals surface area (Å²) in [4.78, 5) is 49.8. The maximum absolute atomic E-state index is 12.4. The van der Waals surface area contributed by atoms with Crippen LogP contribution in [0.4, 0.5) is 10.5 Å². The van der Waals surface area contributed by atoms with Gasteiger partial charge in [-0.1, -0.05) is 32.9 Å². The third kappa shape index (κ3) is 12.0. The van der Waals surface area contributed by atoms with E-state index in [2.05, 4.69) is 21.3 Å². The molecule has 0 fully saturated rings. The Labute approximate surface area is 212 Å². The Morgan fingerprint density at radius 2 is 1.69 bits per heavy atom. The van der Waals surface area contributed by atoms with Gasteiger partial charge in [-0.25, -0.2) is 13.2 Å². The highest BCUT2D eigenvalue weighted by atomic mass is 32.2. The third-order valence-electron chi connectivity index (χ3n) is 4.78.